The topological polar surface area (TPSA) is 29.9 Å². The van der Waals surface area contributed by atoms with E-state index in [1.54, 1.807) is 0 Å². The van der Waals surface area contributed by atoms with Gasteiger partial charge in [-0.15, -0.1) is 0 Å². The van der Waals surface area contributed by atoms with Crippen molar-refractivity contribution in [1.29, 1.82) is 0 Å². The van der Waals surface area contributed by atoms with Gasteiger partial charge in [0.15, 0.2) is 0 Å². The molecule has 1 saturated carbocycles. The summed E-state index contributed by atoms with van der Waals surface area (Å²) in [5.74, 6) is 1.65. The minimum atomic E-state index is 0.555. The fourth-order valence-corrected chi connectivity index (χ4v) is 3.23. The third-order valence-corrected chi connectivity index (χ3v) is 4.99. The van der Waals surface area contributed by atoms with Crippen molar-refractivity contribution >= 4 is 0 Å². The Labute approximate surface area is 117 Å². The second kappa shape index (κ2) is 6.56. The molecule has 0 aromatic carbocycles. The van der Waals surface area contributed by atoms with Crippen LogP contribution < -0.4 is 5.32 Å². The van der Waals surface area contributed by atoms with Gasteiger partial charge >= 0.3 is 0 Å². The predicted octanol–water partition coefficient (Wildman–Crippen LogP) is 3.77. The molecule has 3 heteroatoms. The van der Waals surface area contributed by atoms with E-state index in [-0.39, 0.29) is 0 Å². The second-order valence-electron chi connectivity index (χ2n) is 6.16. The fraction of sp³-hybridized carbons (Fsp3) is 0.812. The molecule has 1 fully saturated rings. The van der Waals surface area contributed by atoms with Gasteiger partial charge in [0, 0.05) is 18.8 Å². The highest BCUT2D eigenvalue weighted by Crippen LogP contribution is 2.31. The van der Waals surface area contributed by atoms with Gasteiger partial charge in [-0.05, 0) is 43.6 Å². The first-order valence-corrected chi connectivity index (χ1v) is 7.93. The van der Waals surface area contributed by atoms with E-state index < -0.39 is 0 Å². The number of rotatable bonds is 6. The van der Waals surface area contributed by atoms with Gasteiger partial charge < -0.3 is 5.32 Å². The van der Waals surface area contributed by atoms with Crippen molar-refractivity contribution in [2.24, 2.45) is 11.8 Å². The van der Waals surface area contributed by atoms with Crippen molar-refractivity contribution in [1.82, 2.24) is 15.1 Å². The molecule has 2 rings (SSSR count). The molecule has 108 valence electrons. The summed E-state index contributed by atoms with van der Waals surface area (Å²) in [6.07, 6.45) is 7.12. The van der Waals surface area contributed by atoms with Crippen molar-refractivity contribution in [3.63, 3.8) is 0 Å². The first-order valence-electron chi connectivity index (χ1n) is 7.93. The fourth-order valence-electron chi connectivity index (χ4n) is 3.23. The zero-order chi connectivity index (χ0) is 13.8. The minimum absolute atomic E-state index is 0.555. The van der Waals surface area contributed by atoms with Crippen LogP contribution in [0.2, 0.25) is 0 Å². The number of nitrogens with zero attached hydrogens (tertiary/aromatic N) is 2. The Hall–Kier alpha value is -0.830. The summed E-state index contributed by atoms with van der Waals surface area (Å²) in [4.78, 5) is 0. The van der Waals surface area contributed by atoms with Crippen molar-refractivity contribution in [3.05, 3.63) is 18.0 Å². The molecule has 1 aromatic rings. The summed E-state index contributed by atoms with van der Waals surface area (Å²) in [6.45, 7) is 10.1. The monoisotopic (exact) mass is 263 g/mol. The number of aromatic nitrogens is 2. The lowest BCUT2D eigenvalue weighted by atomic mass is 9.98. The molecule has 0 bridgehead atoms. The van der Waals surface area contributed by atoms with Crippen molar-refractivity contribution in [2.45, 2.75) is 72.0 Å². The molecule has 3 unspecified atom stereocenters. The van der Waals surface area contributed by atoms with Crippen LogP contribution in [0.25, 0.3) is 0 Å². The van der Waals surface area contributed by atoms with Gasteiger partial charge in [-0.25, -0.2) is 0 Å². The molecule has 0 aliphatic heterocycles. The molecule has 1 aliphatic carbocycles. The first kappa shape index (κ1) is 14.6. The Kier molecular flexibility index (Phi) is 5.03. The summed E-state index contributed by atoms with van der Waals surface area (Å²) in [5.41, 5.74) is 1.18. The predicted molar refractivity (Wildman–Crippen MR) is 80.0 cm³/mol. The van der Waals surface area contributed by atoms with E-state index in [0.29, 0.717) is 12.1 Å². The molecule has 1 N–H and O–H groups in total. The number of nitrogens with one attached hydrogen (secondary N) is 1. The minimum Gasteiger partial charge on any atom is -0.308 e. The van der Waals surface area contributed by atoms with Gasteiger partial charge in [-0.2, -0.15) is 5.10 Å². The molecule has 1 aliphatic rings. The summed E-state index contributed by atoms with van der Waals surface area (Å²) in [5, 5.41) is 8.40. The van der Waals surface area contributed by atoms with Crippen LogP contribution in [0.15, 0.2) is 12.3 Å². The van der Waals surface area contributed by atoms with E-state index >= 15 is 0 Å². The Bertz CT molecular complexity index is 381. The van der Waals surface area contributed by atoms with Crippen molar-refractivity contribution in [3.8, 4) is 0 Å². The lowest BCUT2D eigenvalue weighted by molar-refractivity contribution is 0.366. The Balaban J connectivity index is 1.87. The summed E-state index contributed by atoms with van der Waals surface area (Å²) in [7, 11) is 0. The largest absolute Gasteiger partial charge is 0.308 e. The molecule has 0 saturated heterocycles. The highest BCUT2D eigenvalue weighted by molar-refractivity contribution is 5.00. The van der Waals surface area contributed by atoms with Gasteiger partial charge in [-0.3, -0.25) is 4.68 Å². The van der Waals surface area contributed by atoms with E-state index in [2.05, 4.69) is 50.0 Å². The Morgan fingerprint density at radius 3 is 2.63 bits per heavy atom. The molecule has 0 spiro atoms. The smallest absolute Gasteiger partial charge is 0.0762 e. The molecule has 3 atom stereocenters. The molecule has 0 amide bonds. The van der Waals surface area contributed by atoms with Crippen LogP contribution in [0.3, 0.4) is 0 Å². The highest BCUT2D eigenvalue weighted by Gasteiger charge is 2.29. The molecule has 1 heterocycles. The van der Waals surface area contributed by atoms with Gasteiger partial charge in [0.2, 0.25) is 0 Å². The second-order valence-corrected chi connectivity index (χ2v) is 6.16. The SMILES string of the molecule is CCC(CC)n1ccc(CNC2CCC(C)C2C)n1. The summed E-state index contributed by atoms with van der Waals surface area (Å²) < 4.78 is 2.14. The molecular formula is C16H29N3. The van der Waals surface area contributed by atoms with Gasteiger partial charge in [0.25, 0.3) is 0 Å². The first-order chi connectivity index (χ1) is 9.15. The lowest BCUT2D eigenvalue weighted by Crippen LogP contribution is -2.32. The average Bonchev–Trinajstić information content (AvgIpc) is 2.99. The molecule has 1 aromatic heterocycles. The van der Waals surface area contributed by atoms with Crippen LogP contribution >= 0.6 is 0 Å². The van der Waals surface area contributed by atoms with Gasteiger partial charge in [-0.1, -0.05) is 27.7 Å². The van der Waals surface area contributed by atoms with Crippen LogP contribution in [0.1, 0.15) is 65.1 Å². The van der Waals surface area contributed by atoms with Crippen LogP contribution in [0.4, 0.5) is 0 Å². The van der Waals surface area contributed by atoms with E-state index in [1.807, 2.05) is 0 Å². The maximum absolute atomic E-state index is 4.71. The van der Waals surface area contributed by atoms with E-state index in [4.69, 9.17) is 5.10 Å². The summed E-state index contributed by atoms with van der Waals surface area (Å²) >= 11 is 0. The maximum Gasteiger partial charge on any atom is 0.0762 e. The zero-order valence-corrected chi connectivity index (χ0v) is 12.9. The van der Waals surface area contributed by atoms with Crippen molar-refractivity contribution in [2.75, 3.05) is 0 Å². The quantitative estimate of drug-likeness (QED) is 0.846. The zero-order valence-electron chi connectivity index (χ0n) is 12.9. The molecule has 19 heavy (non-hydrogen) atoms. The lowest BCUT2D eigenvalue weighted by Gasteiger charge is -2.19. The molecule has 3 nitrogen and oxygen atoms in total. The number of hydrogen-bond acceptors (Lipinski definition) is 2. The maximum atomic E-state index is 4.71. The van der Waals surface area contributed by atoms with Crippen molar-refractivity contribution < 1.29 is 0 Å². The average molecular weight is 263 g/mol. The van der Waals surface area contributed by atoms with Gasteiger partial charge in [0.05, 0.1) is 11.7 Å². The van der Waals surface area contributed by atoms with Gasteiger partial charge in [0.1, 0.15) is 0 Å². The third kappa shape index (κ3) is 3.38. The highest BCUT2D eigenvalue weighted by atomic mass is 15.3. The van der Waals surface area contributed by atoms with E-state index in [0.717, 1.165) is 31.2 Å². The van der Waals surface area contributed by atoms with Crippen LogP contribution in [-0.4, -0.2) is 15.8 Å². The van der Waals surface area contributed by atoms with Crippen LogP contribution in [0.5, 0.6) is 0 Å². The van der Waals surface area contributed by atoms with E-state index in [1.165, 1.54) is 18.5 Å². The Morgan fingerprint density at radius 1 is 1.32 bits per heavy atom. The molecular weight excluding hydrogens is 234 g/mol. The van der Waals surface area contributed by atoms with Crippen LogP contribution in [0, 0.1) is 11.8 Å². The molecule has 0 radical (unpaired) electrons. The Morgan fingerprint density at radius 2 is 2.05 bits per heavy atom. The summed E-state index contributed by atoms with van der Waals surface area (Å²) in [6, 6.07) is 3.39. The van der Waals surface area contributed by atoms with E-state index in [9.17, 15) is 0 Å². The third-order valence-electron chi connectivity index (χ3n) is 4.99. The van der Waals surface area contributed by atoms with Crippen LogP contribution in [-0.2, 0) is 6.54 Å². The standard InChI is InChI=1S/C16H29N3/c1-5-15(6-2)19-10-9-14(18-19)11-17-16-8-7-12(3)13(16)4/h9-10,12-13,15-17H,5-8,11H2,1-4H3. The normalized spacial score (nSPS) is 27.3. The number of hydrogen-bond donors (Lipinski definition) is 1.